The number of anilines is 1. The molecular formula is C15H12Cl2N2O2. The number of aromatic nitrogens is 1. The molecule has 0 aliphatic heterocycles. The van der Waals surface area contributed by atoms with Crippen LogP contribution in [0.3, 0.4) is 0 Å². The number of benzene rings is 2. The van der Waals surface area contributed by atoms with Crippen molar-refractivity contribution in [1.82, 2.24) is 4.98 Å². The van der Waals surface area contributed by atoms with Crippen LogP contribution in [0.1, 0.15) is 0 Å². The molecule has 2 aromatic carbocycles. The van der Waals surface area contributed by atoms with Gasteiger partial charge in [0.2, 0.25) is 5.89 Å². The monoisotopic (exact) mass is 322 g/mol. The SMILES string of the molecule is CNc1ccc2nc(-c3cc(Cl)c(OC)c(Cl)c3)oc2c1. The van der Waals surface area contributed by atoms with Crippen LogP contribution < -0.4 is 10.1 Å². The van der Waals surface area contributed by atoms with Gasteiger partial charge in [-0.05, 0) is 24.3 Å². The molecule has 6 heteroatoms. The molecule has 0 bridgehead atoms. The number of nitrogens with one attached hydrogen (secondary N) is 1. The molecule has 0 saturated heterocycles. The number of hydrogen-bond acceptors (Lipinski definition) is 4. The van der Waals surface area contributed by atoms with Crippen LogP contribution in [-0.2, 0) is 0 Å². The summed E-state index contributed by atoms with van der Waals surface area (Å²) in [5.74, 6) is 0.903. The minimum atomic E-state index is 0.415. The van der Waals surface area contributed by atoms with Gasteiger partial charge in [-0.2, -0.15) is 0 Å². The summed E-state index contributed by atoms with van der Waals surface area (Å²) in [6.45, 7) is 0. The molecule has 0 fully saturated rings. The molecule has 3 aromatic rings. The van der Waals surface area contributed by atoms with Crippen molar-refractivity contribution in [2.24, 2.45) is 0 Å². The first-order valence-corrected chi connectivity index (χ1v) is 6.99. The van der Waals surface area contributed by atoms with Gasteiger partial charge >= 0.3 is 0 Å². The fourth-order valence-corrected chi connectivity index (χ4v) is 2.72. The first kappa shape index (κ1) is 14.0. The first-order valence-electron chi connectivity index (χ1n) is 6.24. The molecule has 1 aromatic heterocycles. The van der Waals surface area contributed by atoms with Gasteiger partial charge in [0.05, 0.1) is 17.2 Å². The predicted molar refractivity (Wildman–Crippen MR) is 85.6 cm³/mol. The van der Waals surface area contributed by atoms with Crippen molar-refractivity contribution in [2.75, 3.05) is 19.5 Å². The van der Waals surface area contributed by atoms with E-state index < -0.39 is 0 Å². The van der Waals surface area contributed by atoms with E-state index in [1.54, 1.807) is 12.1 Å². The highest BCUT2D eigenvalue weighted by molar-refractivity contribution is 6.37. The number of halogens is 2. The third kappa shape index (κ3) is 2.52. The van der Waals surface area contributed by atoms with Crippen molar-refractivity contribution in [3.05, 3.63) is 40.4 Å². The number of fused-ring (bicyclic) bond motifs is 1. The number of oxazole rings is 1. The summed E-state index contributed by atoms with van der Waals surface area (Å²) < 4.78 is 10.9. The number of nitrogens with zero attached hydrogens (tertiary/aromatic N) is 1. The number of methoxy groups -OCH3 is 1. The van der Waals surface area contributed by atoms with E-state index in [0.717, 1.165) is 11.2 Å². The maximum Gasteiger partial charge on any atom is 0.227 e. The zero-order valence-electron chi connectivity index (χ0n) is 11.4. The zero-order valence-corrected chi connectivity index (χ0v) is 12.9. The van der Waals surface area contributed by atoms with Crippen molar-refractivity contribution in [2.45, 2.75) is 0 Å². The average molecular weight is 323 g/mol. The summed E-state index contributed by atoms with van der Waals surface area (Å²) in [6.07, 6.45) is 0. The lowest BCUT2D eigenvalue weighted by Gasteiger charge is -2.06. The summed E-state index contributed by atoms with van der Waals surface area (Å²) in [4.78, 5) is 4.44. The van der Waals surface area contributed by atoms with E-state index in [1.165, 1.54) is 7.11 Å². The molecule has 108 valence electrons. The fraction of sp³-hybridized carbons (Fsp3) is 0.133. The Bertz CT molecular complexity index is 792. The lowest BCUT2D eigenvalue weighted by atomic mass is 10.2. The minimum absolute atomic E-state index is 0.415. The molecule has 0 unspecified atom stereocenters. The first-order chi connectivity index (χ1) is 10.1. The molecule has 1 heterocycles. The highest BCUT2D eigenvalue weighted by Gasteiger charge is 2.14. The van der Waals surface area contributed by atoms with Crippen LogP contribution >= 0.6 is 23.2 Å². The Labute approximate surface area is 131 Å². The second-order valence-electron chi connectivity index (χ2n) is 4.42. The maximum absolute atomic E-state index is 6.14. The van der Waals surface area contributed by atoms with E-state index in [1.807, 2.05) is 25.2 Å². The molecule has 0 saturated carbocycles. The molecule has 0 aliphatic rings. The van der Waals surface area contributed by atoms with Crippen molar-refractivity contribution in [3.8, 4) is 17.2 Å². The number of ether oxygens (including phenoxy) is 1. The largest absolute Gasteiger partial charge is 0.494 e. The summed E-state index contributed by atoms with van der Waals surface area (Å²) in [5, 5.41) is 3.88. The average Bonchev–Trinajstić information content (AvgIpc) is 2.89. The second kappa shape index (κ2) is 5.47. The smallest absolute Gasteiger partial charge is 0.227 e. The lowest BCUT2D eigenvalue weighted by molar-refractivity contribution is 0.415. The van der Waals surface area contributed by atoms with Crippen molar-refractivity contribution < 1.29 is 9.15 Å². The summed E-state index contributed by atoms with van der Waals surface area (Å²) >= 11 is 12.3. The highest BCUT2D eigenvalue weighted by atomic mass is 35.5. The molecule has 0 radical (unpaired) electrons. The van der Waals surface area contributed by atoms with Crippen LogP contribution in [-0.4, -0.2) is 19.1 Å². The summed E-state index contributed by atoms with van der Waals surface area (Å²) in [5.41, 5.74) is 3.12. The Morgan fingerprint density at radius 3 is 2.48 bits per heavy atom. The predicted octanol–water partition coefficient (Wildman–Crippen LogP) is 4.85. The van der Waals surface area contributed by atoms with Gasteiger partial charge in [0.1, 0.15) is 5.52 Å². The van der Waals surface area contributed by atoms with Crippen molar-refractivity contribution in [1.29, 1.82) is 0 Å². The molecule has 21 heavy (non-hydrogen) atoms. The van der Waals surface area contributed by atoms with E-state index in [9.17, 15) is 0 Å². The van der Waals surface area contributed by atoms with E-state index in [2.05, 4.69) is 10.3 Å². The zero-order chi connectivity index (χ0) is 15.0. The van der Waals surface area contributed by atoms with Gasteiger partial charge in [-0.3, -0.25) is 0 Å². The van der Waals surface area contributed by atoms with Gasteiger partial charge in [0, 0.05) is 24.4 Å². The van der Waals surface area contributed by atoms with E-state index >= 15 is 0 Å². The Hall–Kier alpha value is -1.91. The fourth-order valence-electron chi connectivity index (χ4n) is 2.08. The van der Waals surface area contributed by atoms with Crippen molar-refractivity contribution in [3.63, 3.8) is 0 Å². The molecule has 0 spiro atoms. The summed E-state index contributed by atoms with van der Waals surface area (Å²) in [7, 11) is 3.37. The molecule has 4 nitrogen and oxygen atoms in total. The quantitative estimate of drug-likeness (QED) is 0.748. The van der Waals surface area contributed by atoms with Gasteiger partial charge in [-0.25, -0.2) is 4.98 Å². The maximum atomic E-state index is 6.14. The van der Waals surface area contributed by atoms with Crippen LogP contribution in [0.5, 0.6) is 5.75 Å². The Morgan fingerprint density at radius 1 is 1.14 bits per heavy atom. The molecule has 0 aliphatic carbocycles. The van der Waals surface area contributed by atoms with Gasteiger partial charge in [0.25, 0.3) is 0 Å². The lowest BCUT2D eigenvalue weighted by Crippen LogP contribution is -1.87. The third-order valence-corrected chi connectivity index (χ3v) is 3.69. The molecular weight excluding hydrogens is 311 g/mol. The van der Waals surface area contributed by atoms with Crippen LogP contribution in [0, 0.1) is 0 Å². The second-order valence-corrected chi connectivity index (χ2v) is 5.24. The van der Waals surface area contributed by atoms with Gasteiger partial charge in [0.15, 0.2) is 11.3 Å². The van der Waals surface area contributed by atoms with Gasteiger partial charge in [-0.15, -0.1) is 0 Å². The van der Waals surface area contributed by atoms with Crippen molar-refractivity contribution >= 4 is 40.0 Å². The molecule has 1 N–H and O–H groups in total. The van der Waals surface area contributed by atoms with Crippen LogP contribution in [0.15, 0.2) is 34.7 Å². The normalized spacial score (nSPS) is 10.9. The molecule has 3 rings (SSSR count). The van der Waals surface area contributed by atoms with Gasteiger partial charge in [-0.1, -0.05) is 23.2 Å². The molecule has 0 amide bonds. The third-order valence-electron chi connectivity index (χ3n) is 3.13. The van der Waals surface area contributed by atoms with E-state index in [0.29, 0.717) is 32.8 Å². The number of hydrogen-bond donors (Lipinski definition) is 1. The topological polar surface area (TPSA) is 47.3 Å². The van der Waals surface area contributed by atoms with Crippen LogP contribution in [0.25, 0.3) is 22.6 Å². The summed E-state index contributed by atoms with van der Waals surface area (Å²) in [6, 6.07) is 9.15. The Kier molecular flexibility index (Phi) is 3.66. The Balaban J connectivity index is 2.12. The Morgan fingerprint density at radius 2 is 1.86 bits per heavy atom. The van der Waals surface area contributed by atoms with Gasteiger partial charge < -0.3 is 14.5 Å². The van der Waals surface area contributed by atoms with E-state index in [-0.39, 0.29) is 0 Å². The molecule has 0 atom stereocenters. The highest BCUT2D eigenvalue weighted by Crippen LogP contribution is 2.37. The van der Waals surface area contributed by atoms with E-state index in [4.69, 9.17) is 32.4 Å². The number of rotatable bonds is 3. The standard InChI is InChI=1S/C15H12Cl2N2O2/c1-18-9-3-4-12-13(7-9)21-15(19-12)8-5-10(16)14(20-2)11(17)6-8/h3-7,18H,1-2H3. The van der Waals surface area contributed by atoms with Crippen LogP contribution in [0.4, 0.5) is 5.69 Å². The van der Waals surface area contributed by atoms with Crippen LogP contribution in [0.2, 0.25) is 10.0 Å². The minimum Gasteiger partial charge on any atom is -0.494 e.